The Morgan fingerprint density at radius 3 is 2.00 bits per heavy atom. The maximum Gasteiger partial charge on any atom is 0.0708 e. The Morgan fingerprint density at radius 2 is 1.30 bits per heavy atom. The number of hydrogen-bond acceptors (Lipinski definition) is 1. The number of fused-ring (bicyclic) bond motifs is 2. The van der Waals surface area contributed by atoms with E-state index < -0.39 is 0 Å². The molecule has 1 heteroatoms. The van der Waals surface area contributed by atoms with E-state index in [1.54, 1.807) is 0 Å². The zero-order chi connectivity index (χ0) is 15.9. The highest BCUT2D eigenvalue weighted by Crippen LogP contribution is 2.23. The van der Waals surface area contributed by atoms with Gasteiger partial charge in [0, 0.05) is 11.3 Å². The Morgan fingerprint density at radius 1 is 0.696 bits per heavy atom. The minimum absolute atomic E-state index is 1.13. The quantitative estimate of drug-likeness (QED) is 0.604. The topological polar surface area (TPSA) is 12.9 Å². The molecule has 1 aliphatic carbocycles. The van der Waals surface area contributed by atoms with Gasteiger partial charge in [-0.1, -0.05) is 68.4 Å². The summed E-state index contributed by atoms with van der Waals surface area (Å²) >= 11 is 0. The molecule has 0 radical (unpaired) electrons. The summed E-state index contributed by atoms with van der Waals surface area (Å²) in [6, 6.07) is 13.5. The van der Waals surface area contributed by atoms with E-state index >= 15 is 0 Å². The summed E-state index contributed by atoms with van der Waals surface area (Å²) in [5.74, 6) is 0. The van der Waals surface area contributed by atoms with Crippen LogP contribution in [-0.4, -0.2) is 4.98 Å². The van der Waals surface area contributed by atoms with Gasteiger partial charge in [-0.2, -0.15) is 0 Å². The van der Waals surface area contributed by atoms with Crippen molar-refractivity contribution in [1.82, 2.24) is 4.98 Å². The van der Waals surface area contributed by atoms with Gasteiger partial charge in [-0.05, 0) is 50.3 Å². The molecule has 0 amide bonds. The van der Waals surface area contributed by atoms with Gasteiger partial charge in [0.05, 0.1) is 5.69 Å². The molecule has 0 saturated carbocycles. The summed E-state index contributed by atoms with van der Waals surface area (Å²) in [4.78, 5) is 4.95. The number of pyridine rings is 1. The standard InChI is InChI=1S/C22H29N/c1-18-12-14-20(15-13-18)22-17-19-10-8-6-4-2-3-5-7-9-11-21(16-19)23-22/h12-17H,2-11H2,1H3. The van der Waals surface area contributed by atoms with Crippen molar-refractivity contribution in [3.63, 3.8) is 0 Å². The zero-order valence-electron chi connectivity index (χ0n) is 14.5. The fourth-order valence-corrected chi connectivity index (χ4v) is 3.49. The molecule has 0 aliphatic heterocycles. The highest BCUT2D eigenvalue weighted by atomic mass is 14.7. The summed E-state index contributed by atoms with van der Waals surface area (Å²) in [6.07, 6.45) is 13.3. The Labute approximate surface area is 141 Å². The first-order valence-electron chi connectivity index (χ1n) is 9.38. The monoisotopic (exact) mass is 307 g/mol. The second kappa shape index (κ2) is 8.29. The fourth-order valence-electron chi connectivity index (χ4n) is 3.49. The molecule has 1 aliphatic rings. The van der Waals surface area contributed by atoms with Gasteiger partial charge >= 0.3 is 0 Å². The summed E-state index contributed by atoms with van der Waals surface area (Å²) in [5.41, 5.74) is 6.49. The largest absolute Gasteiger partial charge is 0.253 e. The van der Waals surface area contributed by atoms with Crippen molar-refractivity contribution < 1.29 is 0 Å². The number of rotatable bonds is 1. The van der Waals surface area contributed by atoms with Gasteiger partial charge in [-0.3, -0.25) is 4.98 Å². The minimum Gasteiger partial charge on any atom is -0.253 e. The van der Waals surface area contributed by atoms with Crippen molar-refractivity contribution in [1.29, 1.82) is 0 Å². The summed E-state index contributed by atoms with van der Waals surface area (Å²) in [5, 5.41) is 0. The Balaban J connectivity index is 1.85. The van der Waals surface area contributed by atoms with E-state index in [1.807, 2.05) is 0 Å². The molecule has 0 N–H and O–H groups in total. The lowest BCUT2D eigenvalue weighted by molar-refractivity contribution is 0.569. The third kappa shape index (κ3) is 4.92. The van der Waals surface area contributed by atoms with Crippen LogP contribution < -0.4 is 0 Å². The van der Waals surface area contributed by atoms with Crippen LogP contribution in [0.5, 0.6) is 0 Å². The molecule has 122 valence electrons. The average Bonchev–Trinajstić information content (AvgIpc) is 2.58. The van der Waals surface area contributed by atoms with E-state index in [0.717, 1.165) is 12.1 Å². The van der Waals surface area contributed by atoms with E-state index in [4.69, 9.17) is 4.98 Å². The summed E-state index contributed by atoms with van der Waals surface area (Å²) in [7, 11) is 0. The lowest BCUT2D eigenvalue weighted by atomic mass is 10.0. The van der Waals surface area contributed by atoms with Gasteiger partial charge < -0.3 is 0 Å². The lowest BCUT2D eigenvalue weighted by Gasteiger charge is -2.10. The molecule has 3 rings (SSSR count). The van der Waals surface area contributed by atoms with Crippen LogP contribution in [0, 0.1) is 6.92 Å². The molecule has 1 heterocycles. The molecule has 23 heavy (non-hydrogen) atoms. The van der Waals surface area contributed by atoms with E-state index in [1.165, 1.54) is 80.2 Å². The molecular formula is C22H29N. The van der Waals surface area contributed by atoms with E-state index in [9.17, 15) is 0 Å². The van der Waals surface area contributed by atoms with E-state index in [2.05, 4.69) is 43.3 Å². The molecule has 0 saturated heterocycles. The average molecular weight is 307 g/mol. The third-order valence-electron chi connectivity index (χ3n) is 4.93. The maximum atomic E-state index is 4.95. The maximum absolute atomic E-state index is 4.95. The zero-order valence-corrected chi connectivity index (χ0v) is 14.5. The van der Waals surface area contributed by atoms with Crippen molar-refractivity contribution in [2.75, 3.05) is 0 Å². The Kier molecular flexibility index (Phi) is 5.85. The van der Waals surface area contributed by atoms with Crippen molar-refractivity contribution in [3.8, 4) is 11.3 Å². The minimum atomic E-state index is 1.13. The third-order valence-corrected chi connectivity index (χ3v) is 4.93. The van der Waals surface area contributed by atoms with E-state index in [0.29, 0.717) is 0 Å². The Bertz CT molecular complexity index is 582. The first-order valence-corrected chi connectivity index (χ1v) is 9.38. The molecular weight excluding hydrogens is 278 g/mol. The molecule has 0 atom stereocenters. The summed E-state index contributed by atoms with van der Waals surface area (Å²) < 4.78 is 0. The van der Waals surface area contributed by atoms with Gasteiger partial charge in [0.1, 0.15) is 0 Å². The van der Waals surface area contributed by atoms with Gasteiger partial charge in [0.15, 0.2) is 0 Å². The molecule has 2 bridgehead atoms. The predicted molar refractivity (Wildman–Crippen MR) is 98.8 cm³/mol. The van der Waals surface area contributed by atoms with Crippen molar-refractivity contribution in [3.05, 3.63) is 53.2 Å². The van der Waals surface area contributed by atoms with Crippen LogP contribution >= 0.6 is 0 Å². The van der Waals surface area contributed by atoms with Crippen LogP contribution in [0.1, 0.15) is 68.2 Å². The number of benzene rings is 1. The van der Waals surface area contributed by atoms with Crippen molar-refractivity contribution in [2.24, 2.45) is 0 Å². The van der Waals surface area contributed by atoms with Gasteiger partial charge in [0.2, 0.25) is 0 Å². The highest BCUT2D eigenvalue weighted by molar-refractivity contribution is 5.60. The van der Waals surface area contributed by atoms with Crippen LogP contribution in [0.4, 0.5) is 0 Å². The smallest absolute Gasteiger partial charge is 0.0708 e. The summed E-state index contributed by atoms with van der Waals surface area (Å²) in [6.45, 7) is 2.14. The number of nitrogens with zero attached hydrogens (tertiary/aromatic N) is 1. The van der Waals surface area contributed by atoms with Crippen molar-refractivity contribution in [2.45, 2.75) is 71.1 Å². The molecule has 0 unspecified atom stereocenters. The first-order chi connectivity index (χ1) is 11.3. The molecule has 2 aromatic rings. The van der Waals surface area contributed by atoms with Crippen LogP contribution in [0.3, 0.4) is 0 Å². The molecule has 0 spiro atoms. The SMILES string of the molecule is Cc1ccc(-c2cc3cc(n2)CCCCCCCCCC3)cc1. The highest BCUT2D eigenvalue weighted by Gasteiger charge is 2.07. The van der Waals surface area contributed by atoms with Gasteiger partial charge in [0.25, 0.3) is 0 Å². The Hall–Kier alpha value is -1.63. The number of aryl methyl sites for hydroxylation is 3. The molecule has 1 aromatic carbocycles. The lowest BCUT2D eigenvalue weighted by Crippen LogP contribution is -1.97. The van der Waals surface area contributed by atoms with Crippen LogP contribution in [0.15, 0.2) is 36.4 Å². The first kappa shape index (κ1) is 16.2. The van der Waals surface area contributed by atoms with Crippen LogP contribution in [0.2, 0.25) is 0 Å². The molecule has 1 aromatic heterocycles. The van der Waals surface area contributed by atoms with E-state index in [-0.39, 0.29) is 0 Å². The van der Waals surface area contributed by atoms with Crippen molar-refractivity contribution >= 4 is 0 Å². The molecule has 0 fully saturated rings. The second-order valence-corrected chi connectivity index (χ2v) is 7.05. The normalized spacial score (nSPS) is 16.9. The fraction of sp³-hybridized carbons (Fsp3) is 0.500. The predicted octanol–water partition coefficient (Wildman–Crippen LogP) is 6.28. The molecule has 1 nitrogen and oxygen atoms in total. The van der Waals surface area contributed by atoms with Crippen LogP contribution in [0.25, 0.3) is 11.3 Å². The van der Waals surface area contributed by atoms with Gasteiger partial charge in [-0.25, -0.2) is 0 Å². The number of hydrogen-bond donors (Lipinski definition) is 0. The second-order valence-electron chi connectivity index (χ2n) is 7.05. The van der Waals surface area contributed by atoms with Crippen LogP contribution in [-0.2, 0) is 12.8 Å². The number of aromatic nitrogens is 1. The van der Waals surface area contributed by atoms with Gasteiger partial charge in [-0.15, -0.1) is 0 Å².